The monoisotopic (exact) mass is 422 g/mol. The van der Waals surface area contributed by atoms with Gasteiger partial charge in [-0.05, 0) is 31.0 Å². The molecule has 1 fully saturated rings. The van der Waals surface area contributed by atoms with E-state index in [-0.39, 0.29) is 30.5 Å². The van der Waals surface area contributed by atoms with Gasteiger partial charge < -0.3 is 19.5 Å². The lowest BCUT2D eigenvalue weighted by molar-refractivity contribution is -0.119. The van der Waals surface area contributed by atoms with Crippen LogP contribution in [0.2, 0.25) is 0 Å². The summed E-state index contributed by atoms with van der Waals surface area (Å²) in [7, 11) is 0. The van der Waals surface area contributed by atoms with Crippen LogP contribution in [0.1, 0.15) is 23.2 Å². The normalized spacial score (nSPS) is 17.5. The Bertz CT molecular complexity index is 869. The van der Waals surface area contributed by atoms with E-state index < -0.39 is 0 Å². The molecule has 4 rings (SSSR count). The van der Waals surface area contributed by atoms with Crippen molar-refractivity contribution in [1.82, 2.24) is 15.5 Å². The van der Waals surface area contributed by atoms with Gasteiger partial charge in [0, 0.05) is 18.7 Å². The first-order valence-electron chi connectivity index (χ1n) is 8.73. The second kappa shape index (κ2) is 8.76. The van der Waals surface area contributed by atoms with Crippen LogP contribution in [-0.4, -0.2) is 53.8 Å². The van der Waals surface area contributed by atoms with Crippen LogP contribution in [0.5, 0.6) is 11.5 Å². The molecule has 0 aliphatic carbocycles. The van der Waals surface area contributed by atoms with Crippen molar-refractivity contribution in [3.63, 3.8) is 0 Å². The maximum Gasteiger partial charge on any atom is 0.257 e. The number of hydrogen-bond acceptors (Lipinski definition) is 9. The fourth-order valence-corrected chi connectivity index (χ4v) is 4.31. The number of fused-ring (bicyclic) bond motifs is 1. The zero-order chi connectivity index (χ0) is 19.3. The molecular formula is C17H18N4O5S2. The minimum Gasteiger partial charge on any atom is -0.454 e. The van der Waals surface area contributed by atoms with Crippen LogP contribution >= 0.6 is 23.1 Å². The standard InChI is InChI=1S/C17H18N4O5S2/c22-14(18-7-11-2-1-5-24-11)8-27-17-21-20-16(28-17)19-15(23)10-3-4-12-13(6-10)26-9-25-12/h3-4,6,11H,1-2,5,7-9H2,(H,18,22)(H,19,20,23)/t11-/m0/s1. The van der Waals surface area contributed by atoms with E-state index in [0.29, 0.717) is 33.1 Å². The fourth-order valence-electron chi connectivity index (χ4n) is 2.74. The zero-order valence-electron chi connectivity index (χ0n) is 14.8. The molecule has 1 saturated heterocycles. The molecule has 0 spiro atoms. The second-order valence-electron chi connectivity index (χ2n) is 6.12. The topological polar surface area (TPSA) is 112 Å². The largest absolute Gasteiger partial charge is 0.454 e. The SMILES string of the molecule is O=C(CSc1nnc(NC(=O)c2ccc3c(c2)OCO3)s1)NC[C@@H]1CCCO1. The molecule has 9 nitrogen and oxygen atoms in total. The first-order valence-corrected chi connectivity index (χ1v) is 10.5. The molecule has 28 heavy (non-hydrogen) atoms. The van der Waals surface area contributed by atoms with E-state index in [4.69, 9.17) is 14.2 Å². The van der Waals surface area contributed by atoms with Gasteiger partial charge in [0.25, 0.3) is 5.91 Å². The highest BCUT2D eigenvalue weighted by atomic mass is 32.2. The zero-order valence-corrected chi connectivity index (χ0v) is 16.4. The quantitative estimate of drug-likeness (QED) is 0.514. The summed E-state index contributed by atoms with van der Waals surface area (Å²) in [6.07, 6.45) is 2.14. The van der Waals surface area contributed by atoms with Crippen molar-refractivity contribution in [2.24, 2.45) is 0 Å². The molecule has 2 aromatic rings. The summed E-state index contributed by atoms with van der Waals surface area (Å²) in [5.41, 5.74) is 0.433. The number of nitrogens with zero attached hydrogens (tertiary/aromatic N) is 2. The third kappa shape index (κ3) is 4.72. The second-order valence-corrected chi connectivity index (χ2v) is 8.32. The summed E-state index contributed by atoms with van der Waals surface area (Å²) in [5.74, 6) is 0.985. The molecule has 0 radical (unpaired) electrons. The summed E-state index contributed by atoms with van der Waals surface area (Å²) in [6.45, 7) is 1.45. The molecule has 148 valence electrons. The summed E-state index contributed by atoms with van der Waals surface area (Å²) >= 11 is 2.49. The average molecular weight is 422 g/mol. The van der Waals surface area contributed by atoms with Gasteiger partial charge in [0.15, 0.2) is 15.8 Å². The molecular weight excluding hydrogens is 404 g/mol. The number of benzene rings is 1. The van der Waals surface area contributed by atoms with Gasteiger partial charge in [-0.1, -0.05) is 23.1 Å². The van der Waals surface area contributed by atoms with Crippen molar-refractivity contribution in [1.29, 1.82) is 0 Å². The molecule has 0 unspecified atom stereocenters. The Balaban J connectivity index is 1.24. The van der Waals surface area contributed by atoms with Crippen molar-refractivity contribution in [3.05, 3.63) is 23.8 Å². The lowest BCUT2D eigenvalue weighted by atomic mass is 10.2. The first-order chi connectivity index (χ1) is 13.7. The lowest BCUT2D eigenvalue weighted by Gasteiger charge is -2.09. The third-order valence-corrected chi connectivity index (χ3v) is 6.11. The molecule has 2 amide bonds. The van der Waals surface area contributed by atoms with Crippen molar-refractivity contribution in [2.75, 3.05) is 31.0 Å². The summed E-state index contributed by atoms with van der Waals surface area (Å²) in [6, 6.07) is 4.96. The average Bonchev–Trinajstić information content (AvgIpc) is 3.45. The summed E-state index contributed by atoms with van der Waals surface area (Å²) in [4.78, 5) is 24.3. The fraction of sp³-hybridized carbons (Fsp3) is 0.412. The van der Waals surface area contributed by atoms with Gasteiger partial charge in [0.1, 0.15) is 0 Å². The molecule has 0 bridgehead atoms. The Morgan fingerprint density at radius 3 is 3.00 bits per heavy atom. The number of carbonyl (C=O) groups is 2. The van der Waals surface area contributed by atoms with E-state index in [0.717, 1.165) is 19.4 Å². The van der Waals surface area contributed by atoms with Crippen LogP contribution in [0.15, 0.2) is 22.5 Å². The molecule has 11 heteroatoms. The maximum absolute atomic E-state index is 12.3. The highest BCUT2D eigenvalue weighted by Gasteiger charge is 2.18. The Kier molecular flexibility index (Phi) is 5.93. The lowest BCUT2D eigenvalue weighted by Crippen LogP contribution is -2.32. The predicted octanol–water partition coefficient (Wildman–Crippen LogP) is 1.91. The highest BCUT2D eigenvalue weighted by Crippen LogP contribution is 2.33. The predicted molar refractivity (Wildman–Crippen MR) is 103 cm³/mol. The molecule has 2 N–H and O–H groups in total. The van der Waals surface area contributed by atoms with Gasteiger partial charge in [-0.25, -0.2) is 0 Å². The third-order valence-electron chi connectivity index (χ3n) is 4.14. The van der Waals surface area contributed by atoms with E-state index in [1.54, 1.807) is 18.2 Å². The molecule has 2 aliphatic rings. The van der Waals surface area contributed by atoms with Gasteiger partial charge in [-0.2, -0.15) is 0 Å². The molecule has 1 aromatic carbocycles. The van der Waals surface area contributed by atoms with E-state index in [9.17, 15) is 9.59 Å². The van der Waals surface area contributed by atoms with Crippen molar-refractivity contribution >= 4 is 40.0 Å². The Hall–Kier alpha value is -2.37. The number of anilines is 1. The summed E-state index contributed by atoms with van der Waals surface area (Å²) < 4.78 is 16.6. The molecule has 0 saturated carbocycles. The van der Waals surface area contributed by atoms with Crippen LogP contribution in [0, 0.1) is 0 Å². The number of hydrogen-bond donors (Lipinski definition) is 2. The van der Waals surface area contributed by atoms with Crippen LogP contribution in [-0.2, 0) is 9.53 Å². The maximum atomic E-state index is 12.3. The van der Waals surface area contributed by atoms with Gasteiger partial charge in [-0.3, -0.25) is 14.9 Å². The van der Waals surface area contributed by atoms with Crippen LogP contribution < -0.4 is 20.1 Å². The Morgan fingerprint density at radius 2 is 2.14 bits per heavy atom. The van der Waals surface area contributed by atoms with Crippen LogP contribution in [0.3, 0.4) is 0 Å². The number of nitrogens with one attached hydrogen (secondary N) is 2. The van der Waals surface area contributed by atoms with Gasteiger partial charge in [0.05, 0.1) is 11.9 Å². The molecule has 3 heterocycles. The Labute approximate surface area is 169 Å². The Morgan fingerprint density at radius 1 is 1.25 bits per heavy atom. The minimum atomic E-state index is -0.319. The highest BCUT2D eigenvalue weighted by molar-refractivity contribution is 8.01. The van der Waals surface area contributed by atoms with E-state index in [2.05, 4.69) is 20.8 Å². The van der Waals surface area contributed by atoms with Gasteiger partial charge >= 0.3 is 0 Å². The number of rotatable bonds is 7. The number of carbonyl (C=O) groups excluding carboxylic acids is 2. The van der Waals surface area contributed by atoms with Crippen LogP contribution in [0.4, 0.5) is 5.13 Å². The number of thioether (sulfide) groups is 1. The van der Waals surface area contributed by atoms with Gasteiger partial charge in [0.2, 0.25) is 17.8 Å². The molecule has 2 aliphatic heterocycles. The molecule has 1 atom stereocenters. The number of ether oxygens (including phenoxy) is 3. The van der Waals surface area contributed by atoms with Crippen molar-refractivity contribution in [3.8, 4) is 11.5 Å². The first kappa shape index (κ1) is 19.0. The van der Waals surface area contributed by atoms with E-state index in [1.807, 2.05) is 0 Å². The number of amides is 2. The number of aromatic nitrogens is 2. The van der Waals surface area contributed by atoms with E-state index >= 15 is 0 Å². The van der Waals surface area contributed by atoms with Crippen LogP contribution in [0.25, 0.3) is 0 Å². The minimum absolute atomic E-state index is 0.0818. The molecule has 1 aromatic heterocycles. The van der Waals surface area contributed by atoms with Crippen molar-refractivity contribution in [2.45, 2.75) is 23.3 Å². The van der Waals surface area contributed by atoms with E-state index in [1.165, 1.54) is 23.1 Å². The smallest absolute Gasteiger partial charge is 0.257 e. The summed E-state index contributed by atoms with van der Waals surface area (Å²) in [5, 5.41) is 13.9. The van der Waals surface area contributed by atoms with Crippen molar-refractivity contribution < 1.29 is 23.8 Å². The van der Waals surface area contributed by atoms with Gasteiger partial charge in [-0.15, -0.1) is 10.2 Å².